The predicted molar refractivity (Wildman–Crippen MR) is 116 cm³/mol. The van der Waals surface area contributed by atoms with Gasteiger partial charge in [-0.05, 0) is 70.3 Å². The summed E-state index contributed by atoms with van der Waals surface area (Å²) >= 11 is 0. The maximum absolute atomic E-state index is 5.46. The second-order valence-electron chi connectivity index (χ2n) is 8.11. The van der Waals surface area contributed by atoms with Gasteiger partial charge >= 0.3 is 0 Å². The van der Waals surface area contributed by atoms with Crippen molar-refractivity contribution in [1.29, 1.82) is 0 Å². The van der Waals surface area contributed by atoms with E-state index in [0.29, 0.717) is 12.5 Å². The van der Waals surface area contributed by atoms with Crippen molar-refractivity contribution < 1.29 is 9.47 Å². The van der Waals surface area contributed by atoms with Crippen molar-refractivity contribution in [2.75, 3.05) is 46.9 Å². The molecule has 0 atom stereocenters. The lowest BCUT2D eigenvalue weighted by Gasteiger charge is -2.32. The van der Waals surface area contributed by atoms with Crippen LogP contribution in [0.1, 0.15) is 39.2 Å². The van der Waals surface area contributed by atoms with Crippen molar-refractivity contribution in [3.63, 3.8) is 0 Å². The van der Waals surface area contributed by atoms with Crippen LogP contribution < -0.4 is 15.4 Å². The molecule has 6 heteroatoms. The Morgan fingerprint density at radius 1 is 1.14 bits per heavy atom. The molecule has 1 aliphatic rings. The summed E-state index contributed by atoms with van der Waals surface area (Å²) in [4.78, 5) is 7.21. The Hall–Kier alpha value is -1.79. The van der Waals surface area contributed by atoms with Crippen molar-refractivity contribution in [3.05, 3.63) is 29.8 Å². The average molecular weight is 391 g/mol. The van der Waals surface area contributed by atoms with Crippen LogP contribution in [0.3, 0.4) is 0 Å². The number of guanidine groups is 1. The molecule has 1 saturated heterocycles. The minimum atomic E-state index is -0.241. The van der Waals surface area contributed by atoms with E-state index in [0.717, 1.165) is 44.4 Å². The molecule has 0 aliphatic carbocycles. The molecule has 0 saturated carbocycles. The van der Waals surface area contributed by atoms with Gasteiger partial charge in [0.05, 0.1) is 19.3 Å². The fourth-order valence-corrected chi connectivity index (χ4v) is 3.25. The molecule has 28 heavy (non-hydrogen) atoms. The standard InChI is InChI=1S/C22H38N4O2/c1-6-23-21(25-17-22(2,3)28-5)24-15-18-11-13-26(14-12-18)16-19-7-9-20(27-4)10-8-19/h7-10,18H,6,11-17H2,1-5H3,(H2,23,24,25). The minimum absolute atomic E-state index is 0.241. The van der Waals surface area contributed by atoms with E-state index in [4.69, 9.17) is 9.47 Å². The third-order valence-corrected chi connectivity index (χ3v) is 5.35. The smallest absolute Gasteiger partial charge is 0.191 e. The fourth-order valence-electron chi connectivity index (χ4n) is 3.25. The number of aliphatic imine (C=N–C) groups is 1. The highest BCUT2D eigenvalue weighted by atomic mass is 16.5. The van der Waals surface area contributed by atoms with Crippen LogP contribution in [-0.4, -0.2) is 63.4 Å². The summed E-state index contributed by atoms with van der Waals surface area (Å²) in [7, 11) is 3.44. The molecule has 2 N–H and O–H groups in total. The maximum Gasteiger partial charge on any atom is 0.191 e. The largest absolute Gasteiger partial charge is 0.497 e. The quantitative estimate of drug-likeness (QED) is 0.502. The van der Waals surface area contributed by atoms with E-state index in [9.17, 15) is 0 Å². The van der Waals surface area contributed by atoms with E-state index in [2.05, 4.69) is 53.4 Å². The molecule has 1 heterocycles. The Balaban J connectivity index is 1.75. The van der Waals surface area contributed by atoms with Crippen LogP contribution in [0.25, 0.3) is 0 Å². The van der Waals surface area contributed by atoms with E-state index >= 15 is 0 Å². The highest BCUT2D eigenvalue weighted by Gasteiger charge is 2.20. The zero-order chi connectivity index (χ0) is 20.4. The SMILES string of the molecule is CCNC(=NCC(C)(C)OC)NCC1CCN(Cc2ccc(OC)cc2)CC1. The maximum atomic E-state index is 5.46. The molecule has 1 aromatic rings. The van der Waals surface area contributed by atoms with Gasteiger partial charge in [0.2, 0.25) is 0 Å². The summed E-state index contributed by atoms with van der Waals surface area (Å²) in [5.74, 6) is 2.49. The third kappa shape index (κ3) is 7.68. The van der Waals surface area contributed by atoms with Crippen LogP contribution in [0, 0.1) is 5.92 Å². The second kappa shape index (κ2) is 11.3. The Morgan fingerprint density at radius 2 is 1.82 bits per heavy atom. The Kier molecular flexibility index (Phi) is 9.06. The van der Waals surface area contributed by atoms with Crippen LogP contribution >= 0.6 is 0 Å². The summed E-state index contributed by atoms with van der Waals surface area (Å²) < 4.78 is 10.7. The second-order valence-corrected chi connectivity index (χ2v) is 8.11. The van der Waals surface area contributed by atoms with Crippen LogP contribution in [0.5, 0.6) is 5.75 Å². The summed E-state index contributed by atoms with van der Waals surface area (Å²) in [6, 6.07) is 8.40. The van der Waals surface area contributed by atoms with Gasteiger partial charge in [-0.15, -0.1) is 0 Å². The van der Waals surface area contributed by atoms with Crippen molar-refractivity contribution in [2.24, 2.45) is 10.9 Å². The molecule has 6 nitrogen and oxygen atoms in total. The first-order valence-electron chi connectivity index (χ1n) is 10.4. The summed E-state index contributed by atoms with van der Waals surface area (Å²) in [6.07, 6.45) is 2.43. The zero-order valence-corrected chi connectivity index (χ0v) is 18.3. The Morgan fingerprint density at radius 3 is 2.39 bits per heavy atom. The minimum Gasteiger partial charge on any atom is -0.497 e. The highest BCUT2D eigenvalue weighted by molar-refractivity contribution is 5.79. The number of hydrogen-bond donors (Lipinski definition) is 2. The lowest BCUT2D eigenvalue weighted by Crippen LogP contribution is -2.43. The Labute approximate surface area is 170 Å². The lowest BCUT2D eigenvalue weighted by molar-refractivity contribution is 0.0310. The molecule has 0 unspecified atom stereocenters. The first kappa shape index (κ1) is 22.5. The van der Waals surface area contributed by atoms with Gasteiger partial charge in [-0.1, -0.05) is 12.1 Å². The molecule has 158 valence electrons. The van der Waals surface area contributed by atoms with Gasteiger partial charge in [-0.2, -0.15) is 0 Å². The van der Waals surface area contributed by atoms with E-state index in [-0.39, 0.29) is 5.60 Å². The van der Waals surface area contributed by atoms with Crippen LogP contribution in [0.15, 0.2) is 29.3 Å². The zero-order valence-electron chi connectivity index (χ0n) is 18.3. The van der Waals surface area contributed by atoms with Crippen LogP contribution in [-0.2, 0) is 11.3 Å². The molecule has 0 radical (unpaired) electrons. The molecular formula is C22H38N4O2. The number of likely N-dealkylation sites (tertiary alicyclic amines) is 1. The lowest BCUT2D eigenvalue weighted by atomic mass is 9.96. The molecule has 0 aromatic heterocycles. The number of rotatable bonds is 9. The molecule has 1 aliphatic heterocycles. The van der Waals surface area contributed by atoms with E-state index in [1.54, 1.807) is 14.2 Å². The van der Waals surface area contributed by atoms with E-state index < -0.39 is 0 Å². The Bertz CT molecular complexity index is 593. The topological polar surface area (TPSA) is 58.1 Å². The van der Waals surface area contributed by atoms with Gasteiger partial charge in [-0.25, -0.2) is 0 Å². The van der Waals surface area contributed by atoms with Crippen molar-refractivity contribution in [2.45, 2.75) is 45.8 Å². The van der Waals surface area contributed by atoms with Gasteiger partial charge < -0.3 is 20.1 Å². The van der Waals surface area contributed by atoms with Crippen molar-refractivity contribution in [1.82, 2.24) is 15.5 Å². The van der Waals surface area contributed by atoms with E-state index in [1.165, 1.54) is 18.4 Å². The number of benzene rings is 1. The number of nitrogens with one attached hydrogen (secondary N) is 2. The number of ether oxygens (including phenoxy) is 2. The first-order chi connectivity index (χ1) is 13.5. The third-order valence-electron chi connectivity index (χ3n) is 5.35. The normalized spacial score (nSPS) is 16.8. The van der Waals surface area contributed by atoms with Gasteiger partial charge in [0.1, 0.15) is 5.75 Å². The summed E-state index contributed by atoms with van der Waals surface area (Å²) in [6.45, 7) is 12.0. The molecule has 1 aromatic carbocycles. The first-order valence-corrected chi connectivity index (χ1v) is 10.4. The van der Waals surface area contributed by atoms with Gasteiger partial charge in [-0.3, -0.25) is 9.89 Å². The number of piperidine rings is 1. The predicted octanol–water partition coefficient (Wildman–Crippen LogP) is 2.89. The molecule has 2 rings (SSSR count). The molecule has 0 bridgehead atoms. The number of methoxy groups -OCH3 is 2. The molecule has 1 fully saturated rings. The van der Waals surface area contributed by atoms with Gasteiger partial charge in [0.15, 0.2) is 5.96 Å². The summed E-state index contributed by atoms with van der Waals surface area (Å²) in [5.41, 5.74) is 1.11. The van der Waals surface area contributed by atoms with E-state index in [1.807, 2.05) is 12.1 Å². The van der Waals surface area contributed by atoms with Gasteiger partial charge in [0, 0.05) is 26.7 Å². The van der Waals surface area contributed by atoms with Crippen LogP contribution in [0.2, 0.25) is 0 Å². The summed E-state index contributed by atoms with van der Waals surface area (Å²) in [5, 5.41) is 6.85. The monoisotopic (exact) mass is 390 g/mol. The van der Waals surface area contributed by atoms with Gasteiger partial charge in [0.25, 0.3) is 0 Å². The average Bonchev–Trinajstić information content (AvgIpc) is 2.72. The molecular weight excluding hydrogens is 352 g/mol. The fraction of sp³-hybridized carbons (Fsp3) is 0.682. The highest BCUT2D eigenvalue weighted by Crippen LogP contribution is 2.19. The van der Waals surface area contributed by atoms with Crippen molar-refractivity contribution >= 4 is 5.96 Å². The van der Waals surface area contributed by atoms with Crippen LogP contribution in [0.4, 0.5) is 0 Å². The molecule has 0 amide bonds. The molecule has 0 spiro atoms. The number of nitrogens with zero attached hydrogens (tertiary/aromatic N) is 2. The van der Waals surface area contributed by atoms with Crippen molar-refractivity contribution in [3.8, 4) is 5.75 Å². The number of hydrogen-bond acceptors (Lipinski definition) is 4.